The Hall–Kier alpha value is -2.09. The lowest BCUT2D eigenvalue weighted by Crippen LogP contribution is -2.22. The summed E-state index contributed by atoms with van der Waals surface area (Å²) in [4.78, 5) is 16.8. The van der Waals surface area contributed by atoms with E-state index in [1.54, 1.807) is 18.3 Å². The largest absolute Gasteiger partial charge is 0.481 e. The first kappa shape index (κ1) is 11.4. The van der Waals surface area contributed by atoms with Gasteiger partial charge in [-0.25, -0.2) is 4.98 Å². The van der Waals surface area contributed by atoms with Gasteiger partial charge in [-0.2, -0.15) is 5.26 Å². The van der Waals surface area contributed by atoms with Crippen LogP contribution in [0, 0.1) is 17.2 Å². The molecule has 5 heteroatoms. The van der Waals surface area contributed by atoms with E-state index in [0.29, 0.717) is 17.9 Å². The van der Waals surface area contributed by atoms with Crippen molar-refractivity contribution in [1.29, 1.82) is 5.26 Å². The third-order valence-electron chi connectivity index (χ3n) is 2.96. The lowest BCUT2D eigenvalue weighted by Gasteiger charge is -2.17. The lowest BCUT2D eigenvalue weighted by atomic mass is 10.1. The summed E-state index contributed by atoms with van der Waals surface area (Å²) in [5.41, 5.74) is 0.545. The maximum Gasteiger partial charge on any atom is 0.303 e. The third kappa shape index (κ3) is 2.53. The fourth-order valence-electron chi connectivity index (χ4n) is 2.17. The van der Waals surface area contributed by atoms with Crippen LogP contribution in [0.1, 0.15) is 18.4 Å². The van der Waals surface area contributed by atoms with Crippen LogP contribution in [0.2, 0.25) is 0 Å². The zero-order valence-electron chi connectivity index (χ0n) is 9.33. The minimum absolute atomic E-state index is 0.154. The maximum absolute atomic E-state index is 10.6. The second-order valence-electron chi connectivity index (χ2n) is 4.18. The molecule has 1 atom stereocenters. The Labute approximate surface area is 99.3 Å². The second kappa shape index (κ2) is 4.83. The summed E-state index contributed by atoms with van der Waals surface area (Å²) in [6.45, 7) is 1.43. The van der Waals surface area contributed by atoms with E-state index in [9.17, 15) is 4.79 Å². The molecule has 17 heavy (non-hydrogen) atoms. The van der Waals surface area contributed by atoms with Crippen molar-refractivity contribution in [2.24, 2.45) is 5.92 Å². The summed E-state index contributed by atoms with van der Waals surface area (Å²) >= 11 is 0. The Morgan fingerprint density at radius 2 is 2.53 bits per heavy atom. The van der Waals surface area contributed by atoms with Gasteiger partial charge >= 0.3 is 5.97 Å². The van der Waals surface area contributed by atoms with Gasteiger partial charge in [0.05, 0.1) is 5.56 Å². The molecule has 1 fully saturated rings. The van der Waals surface area contributed by atoms with Crippen LogP contribution in [0.3, 0.4) is 0 Å². The summed E-state index contributed by atoms with van der Waals surface area (Å²) < 4.78 is 0. The molecule has 1 aromatic heterocycles. The summed E-state index contributed by atoms with van der Waals surface area (Å²) in [6.07, 6.45) is 2.68. The van der Waals surface area contributed by atoms with E-state index in [1.165, 1.54) is 0 Å². The zero-order valence-corrected chi connectivity index (χ0v) is 9.33. The van der Waals surface area contributed by atoms with Crippen molar-refractivity contribution in [2.45, 2.75) is 12.8 Å². The Morgan fingerprint density at radius 1 is 1.71 bits per heavy atom. The minimum atomic E-state index is -0.765. The quantitative estimate of drug-likeness (QED) is 0.847. The molecule has 0 aromatic carbocycles. The normalized spacial score (nSPS) is 19.0. The Balaban J connectivity index is 2.10. The molecular formula is C12H13N3O2. The summed E-state index contributed by atoms with van der Waals surface area (Å²) in [5, 5.41) is 17.7. The number of carbonyl (C=O) groups is 1. The first-order valence-electron chi connectivity index (χ1n) is 5.52. The fraction of sp³-hybridized carbons (Fsp3) is 0.417. The molecule has 1 aromatic rings. The van der Waals surface area contributed by atoms with Crippen LogP contribution in [0.5, 0.6) is 0 Å². The van der Waals surface area contributed by atoms with Crippen LogP contribution in [-0.2, 0) is 4.79 Å². The number of pyridine rings is 1. The average Bonchev–Trinajstić information content (AvgIpc) is 2.76. The molecule has 1 aliphatic heterocycles. The molecule has 5 nitrogen and oxygen atoms in total. The molecule has 0 amide bonds. The summed E-state index contributed by atoms with van der Waals surface area (Å²) in [7, 11) is 0. The molecule has 1 aliphatic rings. The molecule has 1 unspecified atom stereocenters. The van der Waals surface area contributed by atoms with Gasteiger partial charge in [-0.1, -0.05) is 0 Å². The van der Waals surface area contributed by atoms with Gasteiger partial charge in [-0.05, 0) is 24.5 Å². The standard InChI is InChI=1S/C12H13N3O2/c13-7-10-2-1-4-14-12(10)15-5-3-9(8-15)6-11(16)17/h1-2,4,9H,3,5-6,8H2,(H,16,17). The van der Waals surface area contributed by atoms with Crippen LogP contribution in [-0.4, -0.2) is 29.1 Å². The van der Waals surface area contributed by atoms with E-state index in [4.69, 9.17) is 10.4 Å². The van der Waals surface area contributed by atoms with Gasteiger partial charge in [0.15, 0.2) is 0 Å². The molecule has 1 N–H and O–H groups in total. The van der Waals surface area contributed by atoms with Gasteiger partial charge in [0.1, 0.15) is 11.9 Å². The predicted octanol–water partition coefficient (Wildman–Crippen LogP) is 1.25. The van der Waals surface area contributed by atoms with Crippen molar-refractivity contribution in [3.8, 4) is 6.07 Å². The van der Waals surface area contributed by atoms with E-state index in [2.05, 4.69) is 11.1 Å². The number of aromatic nitrogens is 1. The van der Waals surface area contributed by atoms with E-state index in [-0.39, 0.29) is 12.3 Å². The average molecular weight is 231 g/mol. The van der Waals surface area contributed by atoms with E-state index in [0.717, 1.165) is 13.0 Å². The first-order chi connectivity index (χ1) is 8.20. The monoisotopic (exact) mass is 231 g/mol. The SMILES string of the molecule is N#Cc1cccnc1N1CCC(CC(=O)O)C1. The highest BCUT2D eigenvalue weighted by Gasteiger charge is 2.26. The van der Waals surface area contributed by atoms with Gasteiger partial charge in [-0.15, -0.1) is 0 Å². The highest BCUT2D eigenvalue weighted by molar-refractivity contribution is 5.67. The number of nitrogens with zero attached hydrogens (tertiary/aromatic N) is 3. The van der Waals surface area contributed by atoms with E-state index in [1.807, 2.05) is 4.90 Å². The number of carboxylic acids is 1. The minimum Gasteiger partial charge on any atom is -0.481 e. The topological polar surface area (TPSA) is 77.2 Å². The molecule has 0 radical (unpaired) electrons. The van der Waals surface area contributed by atoms with Crippen LogP contribution in [0.4, 0.5) is 5.82 Å². The number of rotatable bonds is 3. The highest BCUT2D eigenvalue weighted by atomic mass is 16.4. The maximum atomic E-state index is 10.6. The van der Waals surface area contributed by atoms with Gasteiger partial charge in [0.2, 0.25) is 0 Å². The zero-order chi connectivity index (χ0) is 12.3. The van der Waals surface area contributed by atoms with Crippen molar-refractivity contribution >= 4 is 11.8 Å². The van der Waals surface area contributed by atoms with Crippen molar-refractivity contribution in [3.05, 3.63) is 23.9 Å². The van der Waals surface area contributed by atoms with Crippen LogP contribution >= 0.6 is 0 Å². The van der Waals surface area contributed by atoms with E-state index < -0.39 is 5.97 Å². The molecule has 0 aliphatic carbocycles. The fourth-order valence-corrected chi connectivity index (χ4v) is 2.17. The number of hydrogen-bond acceptors (Lipinski definition) is 4. The molecule has 2 rings (SSSR count). The molecular weight excluding hydrogens is 218 g/mol. The van der Waals surface area contributed by atoms with Gasteiger partial charge in [0, 0.05) is 25.7 Å². The van der Waals surface area contributed by atoms with E-state index >= 15 is 0 Å². The van der Waals surface area contributed by atoms with Crippen molar-refractivity contribution in [3.63, 3.8) is 0 Å². The van der Waals surface area contributed by atoms with Gasteiger partial charge in [-0.3, -0.25) is 4.79 Å². The van der Waals surface area contributed by atoms with Crippen molar-refractivity contribution < 1.29 is 9.90 Å². The van der Waals surface area contributed by atoms with Crippen molar-refractivity contribution in [2.75, 3.05) is 18.0 Å². The lowest BCUT2D eigenvalue weighted by molar-refractivity contribution is -0.137. The number of hydrogen-bond donors (Lipinski definition) is 1. The van der Waals surface area contributed by atoms with Crippen LogP contribution < -0.4 is 4.90 Å². The summed E-state index contributed by atoms with van der Waals surface area (Å²) in [5.74, 6) is 0.0577. The molecule has 88 valence electrons. The van der Waals surface area contributed by atoms with Crippen LogP contribution in [0.25, 0.3) is 0 Å². The van der Waals surface area contributed by atoms with Crippen molar-refractivity contribution in [1.82, 2.24) is 4.98 Å². The summed E-state index contributed by atoms with van der Waals surface area (Å²) in [6, 6.07) is 5.57. The highest BCUT2D eigenvalue weighted by Crippen LogP contribution is 2.26. The number of aliphatic carboxylic acids is 1. The van der Waals surface area contributed by atoms with Gasteiger partial charge < -0.3 is 10.0 Å². The third-order valence-corrected chi connectivity index (χ3v) is 2.96. The Bertz CT molecular complexity index is 467. The molecule has 1 saturated heterocycles. The number of anilines is 1. The first-order valence-corrected chi connectivity index (χ1v) is 5.52. The Morgan fingerprint density at radius 3 is 3.24 bits per heavy atom. The predicted molar refractivity (Wildman–Crippen MR) is 61.5 cm³/mol. The molecule has 0 spiro atoms. The molecule has 2 heterocycles. The number of carboxylic acid groups (broad SMARTS) is 1. The molecule has 0 saturated carbocycles. The van der Waals surface area contributed by atoms with Crippen LogP contribution in [0.15, 0.2) is 18.3 Å². The molecule has 0 bridgehead atoms. The number of nitriles is 1. The smallest absolute Gasteiger partial charge is 0.303 e. The Kier molecular flexibility index (Phi) is 3.24. The van der Waals surface area contributed by atoms with Gasteiger partial charge in [0.25, 0.3) is 0 Å². The second-order valence-corrected chi connectivity index (χ2v) is 4.18.